The van der Waals surface area contributed by atoms with Gasteiger partial charge < -0.3 is 20.5 Å². The monoisotopic (exact) mass is 328 g/mol. The fraction of sp³-hybridized carbons (Fsp3) is 0.562. The molecule has 1 fully saturated rings. The molecule has 22 heavy (non-hydrogen) atoms. The Balaban J connectivity index is 0.00000242. The van der Waals surface area contributed by atoms with Gasteiger partial charge in [0.15, 0.2) is 18.1 Å². The van der Waals surface area contributed by atoms with E-state index in [2.05, 4.69) is 5.32 Å². The van der Waals surface area contributed by atoms with Crippen LogP contribution in [0.25, 0.3) is 0 Å². The summed E-state index contributed by atoms with van der Waals surface area (Å²) in [6.45, 7) is 2.93. The number of benzene rings is 1. The van der Waals surface area contributed by atoms with Crippen LogP contribution in [0.3, 0.4) is 0 Å². The maximum absolute atomic E-state index is 12.1. The third-order valence-electron chi connectivity index (χ3n) is 3.86. The fourth-order valence-electron chi connectivity index (χ4n) is 2.75. The van der Waals surface area contributed by atoms with Crippen LogP contribution in [0.2, 0.25) is 0 Å². The zero-order valence-electron chi connectivity index (χ0n) is 13.0. The number of hydrogen-bond acceptors (Lipinski definition) is 4. The molecule has 0 aliphatic heterocycles. The van der Waals surface area contributed by atoms with Gasteiger partial charge >= 0.3 is 0 Å². The van der Waals surface area contributed by atoms with Gasteiger partial charge in [-0.15, -0.1) is 12.4 Å². The lowest BCUT2D eigenvalue weighted by molar-refractivity contribution is -0.124. The molecule has 0 unspecified atom stereocenters. The topological polar surface area (TPSA) is 73.6 Å². The highest BCUT2D eigenvalue weighted by molar-refractivity contribution is 5.85. The Morgan fingerprint density at radius 1 is 1.23 bits per heavy atom. The number of carbonyl (C=O) groups excluding carboxylic acids is 1. The van der Waals surface area contributed by atoms with Gasteiger partial charge in [0.2, 0.25) is 0 Å². The molecule has 1 saturated carbocycles. The summed E-state index contributed by atoms with van der Waals surface area (Å²) in [6, 6.07) is 7.36. The lowest BCUT2D eigenvalue weighted by atomic mass is 9.98. The molecule has 124 valence electrons. The Morgan fingerprint density at radius 3 is 2.36 bits per heavy atom. The molecule has 1 aliphatic rings. The molecule has 0 bridgehead atoms. The molecule has 1 amide bonds. The quantitative estimate of drug-likeness (QED) is 0.805. The number of nitrogens with two attached hydrogens (primary N) is 1. The van der Waals surface area contributed by atoms with Crippen molar-refractivity contribution in [1.82, 2.24) is 5.32 Å². The Labute approximate surface area is 138 Å². The Morgan fingerprint density at radius 2 is 1.82 bits per heavy atom. The highest BCUT2D eigenvalue weighted by atomic mass is 35.5. The predicted octanol–water partition coefficient (Wildman–Crippen LogP) is 2.27. The number of rotatable bonds is 7. The standard InChI is InChI=1S/C16H24N2O3.ClH/c1-2-20-13-7-3-4-8-14(13)21-11-15(19)18-16(12-17)9-5-6-10-16;/h3-4,7-8H,2,5-6,9-12,17H2,1H3,(H,18,19);1H. The van der Waals surface area contributed by atoms with E-state index >= 15 is 0 Å². The van der Waals surface area contributed by atoms with Crippen molar-refractivity contribution in [2.45, 2.75) is 38.1 Å². The minimum atomic E-state index is -0.236. The molecule has 2 rings (SSSR count). The molecule has 6 heteroatoms. The average molecular weight is 329 g/mol. The minimum Gasteiger partial charge on any atom is -0.490 e. The van der Waals surface area contributed by atoms with Gasteiger partial charge in [0.1, 0.15) is 0 Å². The summed E-state index contributed by atoms with van der Waals surface area (Å²) in [5.74, 6) is 1.11. The molecule has 1 aromatic carbocycles. The second-order valence-corrected chi connectivity index (χ2v) is 5.41. The highest BCUT2D eigenvalue weighted by Crippen LogP contribution is 2.29. The van der Waals surface area contributed by atoms with E-state index in [-0.39, 0.29) is 30.5 Å². The van der Waals surface area contributed by atoms with Crippen molar-refractivity contribution in [1.29, 1.82) is 0 Å². The van der Waals surface area contributed by atoms with Crippen LogP contribution < -0.4 is 20.5 Å². The van der Waals surface area contributed by atoms with Gasteiger partial charge in [0.05, 0.1) is 12.1 Å². The largest absolute Gasteiger partial charge is 0.490 e. The molecule has 0 radical (unpaired) electrons. The average Bonchev–Trinajstić information content (AvgIpc) is 2.96. The number of nitrogens with one attached hydrogen (secondary N) is 1. The van der Waals surface area contributed by atoms with Gasteiger partial charge in [-0.2, -0.15) is 0 Å². The molecule has 0 spiro atoms. The minimum absolute atomic E-state index is 0. The Hall–Kier alpha value is -1.46. The molecule has 0 heterocycles. The summed E-state index contributed by atoms with van der Waals surface area (Å²) in [4.78, 5) is 12.1. The summed E-state index contributed by atoms with van der Waals surface area (Å²) in [5.41, 5.74) is 5.58. The van der Waals surface area contributed by atoms with E-state index in [1.807, 2.05) is 25.1 Å². The summed E-state index contributed by atoms with van der Waals surface area (Å²) >= 11 is 0. The molecule has 0 aromatic heterocycles. The van der Waals surface area contributed by atoms with Crippen LogP contribution in [-0.2, 0) is 4.79 Å². The zero-order chi connectivity index (χ0) is 15.1. The van der Waals surface area contributed by atoms with Crippen LogP contribution in [-0.4, -0.2) is 31.2 Å². The third-order valence-corrected chi connectivity index (χ3v) is 3.86. The van der Waals surface area contributed by atoms with Crippen LogP contribution in [0, 0.1) is 0 Å². The van der Waals surface area contributed by atoms with Crippen molar-refractivity contribution >= 4 is 18.3 Å². The number of amides is 1. The van der Waals surface area contributed by atoms with Crippen LogP contribution in [0.1, 0.15) is 32.6 Å². The SMILES string of the molecule is CCOc1ccccc1OCC(=O)NC1(CN)CCCC1.Cl. The molecular formula is C16H25ClN2O3. The van der Waals surface area contributed by atoms with Gasteiger partial charge in [-0.05, 0) is 31.9 Å². The summed E-state index contributed by atoms with van der Waals surface area (Å²) in [6.07, 6.45) is 4.13. The Kier molecular flexibility index (Phi) is 7.48. The van der Waals surface area contributed by atoms with Crippen molar-refractivity contribution in [3.8, 4) is 11.5 Å². The van der Waals surface area contributed by atoms with Crippen LogP contribution in [0.4, 0.5) is 0 Å². The van der Waals surface area contributed by atoms with Crippen LogP contribution in [0.15, 0.2) is 24.3 Å². The fourth-order valence-corrected chi connectivity index (χ4v) is 2.75. The first-order valence-corrected chi connectivity index (χ1v) is 7.55. The van der Waals surface area contributed by atoms with Crippen molar-refractivity contribution in [3.63, 3.8) is 0 Å². The van der Waals surface area contributed by atoms with Gasteiger partial charge in [-0.3, -0.25) is 4.79 Å². The zero-order valence-corrected chi connectivity index (χ0v) is 13.8. The van der Waals surface area contributed by atoms with Crippen molar-refractivity contribution < 1.29 is 14.3 Å². The molecule has 5 nitrogen and oxygen atoms in total. The summed E-state index contributed by atoms with van der Waals surface area (Å²) in [5, 5.41) is 3.03. The highest BCUT2D eigenvalue weighted by Gasteiger charge is 2.33. The van der Waals surface area contributed by atoms with Gasteiger partial charge in [0, 0.05) is 6.54 Å². The first-order chi connectivity index (χ1) is 10.2. The second kappa shape index (κ2) is 8.86. The van der Waals surface area contributed by atoms with Crippen molar-refractivity contribution in [3.05, 3.63) is 24.3 Å². The Bertz CT molecular complexity index is 476. The van der Waals surface area contributed by atoms with E-state index in [1.165, 1.54) is 0 Å². The summed E-state index contributed by atoms with van der Waals surface area (Å²) in [7, 11) is 0. The maximum Gasteiger partial charge on any atom is 0.258 e. The molecule has 1 aromatic rings. The van der Waals surface area contributed by atoms with Gasteiger partial charge in [0.25, 0.3) is 5.91 Å². The molecule has 0 saturated heterocycles. The first-order valence-electron chi connectivity index (χ1n) is 7.55. The van der Waals surface area contributed by atoms with E-state index in [0.717, 1.165) is 25.7 Å². The van der Waals surface area contributed by atoms with Crippen molar-refractivity contribution in [2.75, 3.05) is 19.8 Å². The lowest BCUT2D eigenvalue weighted by Crippen LogP contribution is -2.52. The predicted molar refractivity (Wildman–Crippen MR) is 88.8 cm³/mol. The summed E-state index contributed by atoms with van der Waals surface area (Å²) < 4.78 is 11.0. The number of carbonyl (C=O) groups is 1. The second-order valence-electron chi connectivity index (χ2n) is 5.41. The van der Waals surface area contributed by atoms with Gasteiger partial charge in [-0.25, -0.2) is 0 Å². The van der Waals surface area contributed by atoms with Crippen LogP contribution in [0.5, 0.6) is 11.5 Å². The van der Waals surface area contributed by atoms with Crippen LogP contribution >= 0.6 is 12.4 Å². The number of para-hydroxylation sites is 2. The lowest BCUT2D eigenvalue weighted by Gasteiger charge is -2.28. The van der Waals surface area contributed by atoms with Gasteiger partial charge in [-0.1, -0.05) is 25.0 Å². The molecule has 3 N–H and O–H groups in total. The molecular weight excluding hydrogens is 304 g/mol. The first kappa shape index (κ1) is 18.6. The third kappa shape index (κ3) is 4.78. The number of halogens is 1. The van der Waals surface area contributed by atoms with E-state index in [0.29, 0.717) is 24.7 Å². The van der Waals surface area contributed by atoms with E-state index < -0.39 is 0 Å². The van der Waals surface area contributed by atoms with Crippen molar-refractivity contribution in [2.24, 2.45) is 5.73 Å². The normalized spacial score (nSPS) is 15.7. The number of ether oxygens (including phenoxy) is 2. The smallest absolute Gasteiger partial charge is 0.258 e. The van der Waals surface area contributed by atoms with E-state index in [4.69, 9.17) is 15.2 Å². The van der Waals surface area contributed by atoms with E-state index in [9.17, 15) is 4.79 Å². The number of hydrogen-bond donors (Lipinski definition) is 2. The molecule has 0 atom stereocenters. The maximum atomic E-state index is 12.1. The molecule has 1 aliphatic carbocycles. The van der Waals surface area contributed by atoms with E-state index in [1.54, 1.807) is 6.07 Å².